The van der Waals surface area contributed by atoms with E-state index in [1.165, 1.54) is 23.1 Å². The predicted molar refractivity (Wildman–Crippen MR) is 57.5 cm³/mol. The van der Waals surface area contributed by atoms with Gasteiger partial charge in [0.05, 0.1) is 0 Å². The minimum atomic E-state index is 0.326. The standard InChI is InChI=1S/C12H15Cl/c1-8-4-5-10-9(11(8)13)6-7-12(10,2)3/h4-5H,6-7H2,1-3H3. The summed E-state index contributed by atoms with van der Waals surface area (Å²) in [5.74, 6) is 0. The van der Waals surface area contributed by atoms with Crippen molar-refractivity contribution in [3.8, 4) is 0 Å². The molecule has 70 valence electrons. The topological polar surface area (TPSA) is 0 Å². The van der Waals surface area contributed by atoms with Crippen LogP contribution in [-0.4, -0.2) is 0 Å². The smallest absolute Gasteiger partial charge is 0.0470 e. The molecule has 0 spiro atoms. The van der Waals surface area contributed by atoms with Crippen molar-refractivity contribution in [2.45, 2.75) is 39.0 Å². The molecule has 0 saturated heterocycles. The molecular weight excluding hydrogens is 180 g/mol. The molecule has 1 aromatic rings. The zero-order chi connectivity index (χ0) is 9.64. The van der Waals surface area contributed by atoms with E-state index in [1.54, 1.807) is 0 Å². The first-order valence-corrected chi connectivity index (χ1v) is 5.18. The Balaban J connectivity index is 2.64. The van der Waals surface area contributed by atoms with Gasteiger partial charge in [-0.25, -0.2) is 0 Å². The number of aryl methyl sites for hydroxylation is 1. The highest BCUT2D eigenvalue weighted by molar-refractivity contribution is 6.32. The Morgan fingerprint density at radius 3 is 2.69 bits per heavy atom. The maximum Gasteiger partial charge on any atom is 0.0470 e. The van der Waals surface area contributed by atoms with E-state index >= 15 is 0 Å². The van der Waals surface area contributed by atoms with Gasteiger partial charge in [-0.2, -0.15) is 0 Å². The fourth-order valence-corrected chi connectivity index (χ4v) is 2.45. The Bertz CT molecular complexity index is 350. The van der Waals surface area contributed by atoms with Crippen LogP contribution in [0.1, 0.15) is 37.0 Å². The fourth-order valence-electron chi connectivity index (χ4n) is 2.19. The minimum Gasteiger partial charge on any atom is -0.0837 e. The summed E-state index contributed by atoms with van der Waals surface area (Å²) in [6.07, 6.45) is 2.37. The van der Waals surface area contributed by atoms with Crippen LogP contribution in [0.4, 0.5) is 0 Å². The van der Waals surface area contributed by atoms with Crippen molar-refractivity contribution in [3.63, 3.8) is 0 Å². The molecule has 2 rings (SSSR count). The molecule has 0 N–H and O–H groups in total. The van der Waals surface area contributed by atoms with Gasteiger partial charge in [0, 0.05) is 5.02 Å². The van der Waals surface area contributed by atoms with E-state index in [-0.39, 0.29) is 0 Å². The molecule has 1 aliphatic carbocycles. The van der Waals surface area contributed by atoms with Gasteiger partial charge < -0.3 is 0 Å². The third-order valence-electron chi connectivity index (χ3n) is 3.17. The van der Waals surface area contributed by atoms with Crippen LogP contribution in [0, 0.1) is 6.92 Å². The van der Waals surface area contributed by atoms with Crippen molar-refractivity contribution < 1.29 is 0 Å². The fraction of sp³-hybridized carbons (Fsp3) is 0.500. The Hall–Kier alpha value is -0.490. The summed E-state index contributed by atoms with van der Waals surface area (Å²) < 4.78 is 0. The Morgan fingerprint density at radius 2 is 2.00 bits per heavy atom. The molecule has 0 aliphatic heterocycles. The third kappa shape index (κ3) is 1.28. The van der Waals surface area contributed by atoms with E-state index in [0.29, 0.717) is 5.41 Å². The molecule has 0 atom stereocenters. The van der Waals surface area contributed by atoms with Crippen LogP contribution in [0.15, 0.2) is 12.1 Å². The number of rotatable bonds is 0. The Morgan fingerprint density at radius 1 is 1.31 bits per heavy atom. The summed E-state index contributed by atoms with van der Waals surface area (Å²) in [6.45, 7) is 6.67. The number of hydrogen-bond donors (Lipinski definition) is 0. The van der Waals surface area contributed by atoms with Gasteiger partial charge >= 0.3 is 0 Å². The van der Waals surface area contributed by atoms with Gasteiger partial charge in [0.25, 0.3) is 0 Å². The van der Waals surface area contributed by atoms with Crippen LogP contribution in [0.25, 0.3) is 0 Å². The van der Waals surface area contributed by atoms with Crippen LogP contribution in [-0.2, 0) is 11.8 Å². The second-order valence-electron chi connectivity index (χ2n) is 4.61. The lowest BCUT2D eigenvalue weighted by molar-refractivity contribution is 0.522. The van der Waals surface area contributed by atoms with E-state index in [4.69, 9.17) is 11.6 Å². The van der Waals surface area contributed by atoms with Crippen LogP contribution in [0.5, 0.6) is 0 Å². The first-order chi connectivity index (χ1) is 6.02. The summed E-state index contributed by atoms with van der Waals surface area (Å²) in [5, 5.41) is 0.989. The van der Waals surface area contributed by atoms with Crippen molar-refractivity contribution >= 4 is 11.6 Å². The van der Waals surface area contributed by atoms with Crippen molar-refractivity contribution in [2.24, 2.45) is 0 Å². The summed E-state index contributed by atoms with van der Waals surface area (Å²) in [4.78, 5) is 0. The predicted octanol–water partition coefficient (Wildman–Crippen LogP) is 3.87. The molecule has 0 amide bonds. The summed E-state index contributed by atoms with van der Waals surface area (Å²) in [6, 6.07) is 4.37. The highest BCUT2D eigenvalue weighted by atomic mass is 35.5. The van der Waals surface area contributed by atoms with Crippen LogP contribution >= 0.6 is 11.6 Å². The van der Waals surface area contributed by atoms with Gasteiger partial charge in [0.1, 0.15) is 0 Å². The zero-order valence-corrected chi connectivity index (χ0v) is 9.20. The SMILES string of the molecule is Cc1ccc2c(c1Cl)CCC2(C)C. The van der Waals surface area contributed by atoms with Gasteiger partial charge in [-0.3, -0.25) is 0 Å². The average molecular weight is 195 g/mol. The van der Waals surface area contributed by atoms with Crippen LogP contribution in [0.3, 0.4) is 0 Å². The minimum absolute atomic E-state index is 0.326. The molecule has 0 bridgehead atoms. The van der Waals surface area contributed by atoms with Crippen molar-refractivity contribution in [1.29, 1.82) is 0 Å². The maximum absolute atomic E-state index is 6.27. The number of hydrogen-bond acceptors (Lipinski definition) is 0. The molecule has 1 heteroatoms. The summed E-state index contributed by atoms with van der Waals surface area (Å²) >= 11 is 6.27. The molecule has 1 aliphatic rings. The first-order valence-electron chi connectivity index (χ1n) is 4.81. The second kappa shape index (κ2) is 2.75. The number of benzene rings is 1. The number of fused-ring (bicyclic) bond motifs is 1. The van der Waals surface area contributed by atoms with E-state index in [1.807, 2.05) is 0 Å². The molecule has 0 aromatic heterocycles. The quantitative estimate of drug-likeness (QED) is 0.588. The Labute approximate surface area is 84.9 Å². The highest BCUT2D eigenvalue weighted by Gasteiger charge is 2.31. The lowest BCUT2D eigenvalue weighted by Crippen LogP contribution is -2.11. The van der Waals surface area contributed by atoms with Crippen LogP contribution < -0.4 is 0 Å². The molecule has 0 saturated carbocycles. The summed E-state index contributed by atoms with van der Waals surface area (Å²) in [7, 11) is 0. The van der Waals surface area contributed by atoms with Crippen molar-refractivity contribution in [1.82, 2.24) is 0 Å². The molecule has 0 heterocycles. The second-order valence-corrected chi connectivity index (χ2v) is 4.98. The van der Waals surface area contributed by atoms with Gasteiger partial charge in [-0.05, 0) is 41.9 Å². The molecule has 0 radical (unpaired) electrons. The third-order valence-corrected chi connectivity index (χ3v) is 3.69. The van der Waals surface area contributed by atoms with E-state index < -0.39 is 0 Å². The molecule has 0 unspecified atom stereocenters. The Kier molecular flexibility index (Phi) is 1.92. The van der Waals surface area contributed by atoms with E-state index in [2.05, 4.69) is 32.9 Å². The van der Waals surface area contributed by atoms with Crippen LogP contribution in [0.2, 0.25) is 5.02 Å². The van der Waals surface area contributed by atoms with E-state index in [0.717, 1.165) is 11.4 Å². The van der Waals surface area contributed by atoms with Crippen molar-refractivity contribution in [2.75, 3.05) is 0 Å². The lowest BCUT2D eigenvalue weighted by Gasteiger charge is -2.19. The molecule has 13 heavy (non-hydrogen) atoms. The summed E-state index contributed by atoms with van der Waals surface area (Å²) in [5.41, 5.74) is 4.36. The lowest BCUT2D eigenvalue weighted by atomic mass is 9.86. The average Bonchev–Trinajstić information content (AvgIpc) is 2.35. The maximum atomic E-state index is 6.27. The van der Waals surface area contributed by atoms with E-state index in [9.17, 15) is 0 Å². The normalized spacial score (nSPS) is 18.8. The van der Waals surface area contributed by atoms with Gasteiger partial charge in [0.15, 0.2) is 0 Å². The first kappa shape index (κ1) is 9.08. The zero-order valence-electron chi connectivity index (χ0n) is 8.45. The molecular formula is C12H15Cl. The molecule has 0 fully saturated rings. The number of halogens is 1. The highest BCUT2D eigenvalue weighted by Crippen LogP contribution is 2.42. The van der Waals surface area contributed by atoms with Gasteiger partial charge in [0.2, 0.25) is 0 Å². The van der Waals surface area contributed by atoms with Crippen molar-refractivity contribution in [3.05, 3.63) is 33.8 Å². The molecule has 1 aromatic carbocycles. The molecule has 0 nitrogen and oxygen atoms in total. The monoisotopic (exact) mass is 194 g/mol. The van der Waals surface area contributed by atoms with Gasteiger partial charge in [-0.1, -0.05) is 37.6 Å². The largest absolute Gasteiger partial charge is 0.0837 e. The van der Waals surface area contributed by atoms with Gasteiger partial charge in [-0.15, -0.1) is 0 Å².